The molecule has 140 valence electrons. The molecule has 1 amide bonds. The van der Waals surface area contributed by atoms with Crippen LogP contribution in [0.5, 0.6) is 0 Å². The minimum atomic E-state index is -3.64. The molecule has 26 heavy (non-hydrogen) atoms. The van der Waals surface area contributed by atoms with E-state index in [1.54, 1.807) is 48.5 Å². The van der Waals surface area contributed by atoms with Crippen LogP contribution in [0.25, 0.3) is 0 Å². The lowest BCUT2D eigenvalue weighted by Crippen LogP contribution is -2.32. The summed E-state index contributed by atoms with van der Waals surface area (Å²) in [5.74, 6) is -0.151. The number of carbonyl (C=O) groups excluding carboxylic acids is 1. The van der Waals surface area contributed by atoms with E-state index in [0.717, 1.165) is 18.4 Å². The van der Waals surface area contributed by atoms with Gasteiger partial charge in [0.05, 0.1) is 10.6 Å². The lowest BCUT2D eigenvalue weighted by Gasteiger charge is -2.20. The molecule has 6 heteroatoms. The summed E-state index contributed by atoms with van der Waals surface area (Å²) in [6.07, 6.45) is 1.92. The SMILES string of the molecule is CCC[C@@H](C)NC(=O)c1ccc(N(C)S(=O)(=O)c2ccc(C)cc2)cc1. The first-order valence-corrected chi connectivity index (χ1v) is 10.2. The van der Waals surface area contributed by atoms with Gasteiger partial charge in [-0.2, -0.15) is 0 Å². The molecule has 0 heterocycles. The Hall–Kier alpha value is -2.34. The van der Waals surface area contributed by atoms with E-state index in [9.17, 15) is 13.2 Å². The fourth-order valence-electron chi connectivity index (χ4n) is 2.64. The van der Waals surface area contributed by atoms with E-state index in [2.05, 4.69) is 12.2 Å². The van der Waals surface area contributed by atoms with Crippen molar-refractivity contribution in [3.63, 3.8) is 0 Å². The van der Waals surface area contributed by atoms with Gasteiger partial charge in [-0.15, -0.1) is 0 Å². The Morgan fingerprint density at radius 1 is 1.08 bits per heavy atom. The molecule has 0 saturated carbocycles. The first-order chi connectivity index (χ1) is 12.3. The Kier molecular flexibility index (Phi) is 6.42. The van der Waals surface area contributed by atoms with Crippen molar-refractivity contribution in [1.29, 1.82) is 0 Å². The highest BCUT2D eigenvalue weighted by Crippen LogP contribution is 2.22. The number of amides is 1. The third-order valence-electron chi connectivity index (χ3n) is 4.27. The number of aryl methyl sites for hydroxylation is 1. The van der Waals surface area contributed by atoms with Gasteiger partial charge in [-0.25, -0.2) is 8.42 Å². The molecule has 0 unspecified atom stereocenters. The zero-order valence-electron chi connectivity index (χ0n) is 15.7. The monoisotopic (exact) mass is 374 g/mol. The number of sulfonamides is 1. The number of hydrogen-bond acceptors (Lipinski definition) is 3. The van der Waals surface area contributed by atoms with E-state index in [1.165, 1.54) is 11.4 Å². The van der Waals surface area contributed by atoms with E-state index in [1.807, 2.05) is 13.8 Å². The van der Waals surface area contributed by atoms with Gasteiger partial charge in [-0.3, -0.25) is 9.10 Å². The molecule has 0 aliphatic heterocycles. The Balaban J connectivity index is 2.16. The van der Waals surface area contributed by atoms with Crippen LogP contribution in [-0.2, 0) is 10.0 Å². The third-order valence-corrected chi connectivity index (χ3v) is 6.07. The molecule has 1 atom stereocenters. The van der Waals surface area contributed by atoms with Crippen molar-refractivity contribution in [2.45, 2.75) is 44.6 Å². The highest BCUT2D eigenvalue weighted by atomic mass is 32.2. The zero-order chi connectivity index (χ0) is 19.3. The predicted molar refractivity (Wildman–Crippen MR) is 105 cm³/mol. The van der Waals surface area contributed by atoms with Gasteiger partial charge in [-0.1, -0.05) is 31.0 Å². The van der Waals surface area contributed by atoms with Gasteiger partial charge in [0.15, 0.2) is 0 Å². The highest BCUT2D eigenvalue weighted by Gasteiger charge is 2.21. The summed E-state index contributed by atoms with van der Waals surface area (Å²) in [4.78, 5) is 12.5. The summed E-state index contributed by atoms with van der Waals surface area (Å²) in [6, 6.07) is 13.4. The molecule has 1 N–H and O–H groups in total. The fraction of sp³-hybridized carbons (Fsp3) is 0.350. The minimum absolute atomic E-state index is 0.108. The van der Waals surface area contributed by atoms with E-state index in [-0.39, 0.29) is 16.8 Å². The number of carbonyl (C=O) groups is 1. The van der Waals surface area contributed by atoms with E-state index >= 15 is 0 Å². The van der Waals surface area contributed by atoms with E-state index < -0.39 is 10.0 Å². The van der Waals surface area contributed by atoms with Crippen LogP contribution in [0.4, 0.5) is 5.69 Å². The maximum atomic E-state index is 12.7. The molecule has 0 radical (unpaired) electrons. The molecule has 2 aromatic rings. The van der Waals surface area contributed by atoms with Crippen molar-refractivity contribution >= 4 is 21.6 Å². The highest BCUT2D eigenvalue weighted by molar-refractivity contribution is 7.92. The molecule has 0 aliphatic carbocycles. The molecule has 0 aromatic heterocycles. The van der Waals surface area contributed by atoms with Crippen LogP contribution in [0.2, 0.25) is 0 Å². The molecule has 2 rings (SSSR count). The van der Waals surface area contributed by atoms with Gasteiger partial charge < -0.3 is 5.32 Å². The average molecular weight is 375 g/mol. The third kappa shape index (κ3) is 4.64. The van der Waals surface area contributed by atoms with Gasteiger partial charge >= 0.3 is 0 Å². The largest absolute Gasteiger partial charge is 0.350 e. The van der Waals surface area contributed by atoms with Crippen molar-refractivity contribution in [2.75, 3.05) is 11.4 Å². The minimum Gasteiger partial charge on any atom is -0.350 e. The summed E-state index contributed by atoms with van der Waals surface area (Å²) in [5, 5.41) is 2.94. The molecule has 5 nitrogen and oxygen atoms in total. The molecular weight excluding hydrogens is 348 g/mol. The normalized spacial score (nSPS) is 12.5. The molecular formula is C20H26N2O3S. The average Bonchev–Trinajstić information content (AvgIpc) is 2.61. The number of benzene rings is 2. The molecule has 0 bridgehead atoms. The second-order valence-electron chi connectivity index (χ2n) is 6.50. The summed E-state index contributed by atoms with van der Waals surface area (Å²) < 4.78 is 26.7. The van der Waals surface area contributed by atoms with Crippen LogP contribution in [0.1, 0.15) is 42.6 Å². The van der Waals surface area contributed by atoms with Gasteiger partial charge in [0.25, 0.3) is 15.9 Å². The quantitative estimate of drug-likeness (QED) is 0.803. The number of anilines is 1. The summed E-state index contributed by atoms with van der Waals surface area (Å²) in [7, 11) is -2.13. The van der Waals surface area contributed by atoms with Crippen LogP contribution in [0, 0.1) is 6.92 Å². The first kappa shape index (κ1) is 20.0. The number of nitrogens with one attached hydrogen (secondary N) is 1. The molecule has 2 aromatic carbocycles. The van der Waals surface area contributed by atoms with Crippen LogP contribution in [0.3, 0.4) is 0 Å². The predicted octanol–water partition coefficient (Wildman–Crippen LogP) is 3.74. The van der Waals surface area contributed by atoms with Gasteiger partial charge in [0.1, 0.15) is 0 Å². The Morgan fingerprint density at radius 3 is 2.19 bits per heavy atom. The number of rotatable bonds is 7. The van der Waals surface area contributed by atoms with Crippen LogP contribution in [-0.4, -0.2) is 27.4 Å². The van der Waals surface area contributed by atoms with Gasteiger partial charge in [0.2, 0.25) is 0 Å². The van der Waals surface area contributed by atoms with Crippen LogP contribution >= 0.6 is 0 Å². The maximum Gasteiger partial charge on any atom is 0.264 e. The van der Waals surface area contributed by atoms with E-state index in [4.69, 9.17) is 0 Å². The van der Waals surface area contributed by atoms with Crippen LogP contribution < -0.4 is 9.62 Å². The molecule has 0 aliphatic rings. The maximum absolute atomic E-state index is 12.7. The number of hydrogen-bond donors (Lipinski definition) is 1. The lowest BCUT2D eigenvalue weighted by atomic mass is 10.1. The van der Waals surface area contributed by atoms with E-state index in [0.29, 0.717) is 11.3 Å². The molecule has 0 saturated heterocycles. The Morgan fingerprint density at radius 2 is 1.65 bits per heavy atom. The van der Waals surface area contributed by atoms with Crippen molar-refractivity contribution < 1.29 is 13.2 Å². The van der Waals surface area contributed by atoms with Crippen molar-refractivity contribution in [2.24, 2.45) is 0 Å². The topological polar surface area (TPSA) is 66.5 Å². The van der Waals surface area contributed by atoms with Gasteiger partial charge in [0, 0.05) is 18.7 Å². The second kappa shape index (κ2) is 8.36. The van der Waals surface area contributed by atoms with Crippen molar-refractivity contribution in [1.82, 2.24) is 5.32 Å². The number of nitrogens with zero attached hydrogens (tertiary/aromatic N) is 1. The smallest absolute Gasteiger partial charge is 0.264 e. The van der Waals surface area contributed by atoms with Gasteiger partial charge in [-0.05, 0) is 56.7 Å². The Bertz CT molecular complexity index is 844. The molecule has 0 fully saturated rings. The second-order valence-corrected chi connectivity index (χ2v) is 8.46. The summed E-state index contributed by atoms with van der Waals surface area (Å²) in [5.41, 5.74) is 2.01. The lowest BCUT2D eigenvalue weighted by molar-refractivity contribution is 0.0938. The summed E-state index contributed by atoms with van der Waals surface area (Å²) >= 11 is 0. The molecule has 0 spiro atoms. The standard InChI is InChI=1S/C20H26N2O3S/c1-5-6-16(3)21-20(23)17-9-11-18(12-10-17)22(4)26(24,25)19-13-7-15(2)8-14-19/h7-14,16H,5-6H2,1-4H3,(H,21,23)/t16-/m1/s1. The zero-order valence-corrected chi connectivity index (χ0v) is 16.5. The first-order valence-electron chi connectivity index (χ1n) is 8.72. The summed E-state index contributed by atoms with van der Waals surface area (Å²) in [6.45, 7) is 5.95. The van der Waals surface area contributed by atoms with Crippen molar-refractivity contribution in [3.05, 3.63) is 59.7 Å². The fourth-order valence-corrected chi connectivity index (χ4v) is 3.84. The van der Waals surface area contributed by atoms with Crippen molar-refractivity contribution in [3.8, 4) is 0 Å². The Labute approximate surface area is 156 Å². The van der Waals surface area contributed by atoms with Crippen LogP contribution in [0.15, 0.2) is 53.4 Å².